The fourth-order valence-corrected chi connectivity index (χ4v) is 3.54. The van der Waals surface area contributed by atoms with Crippen LogP contribution >= 0.6 is 11.3 Å². The molecule has 1 atom stereocenters. The molecule has 0 bridgehead atoms. The largest absolute Gasteiger partial charge is 0.406 e. The van der Waals surface area contributed by atoms with Crippen molar-refractivity contribution in [2.24, 2.45) is 0 Å². The molecule has 0 spiro atoms. The Bertz CT molecular complexity index is 750. The van der Waals surface area contributed by atoms with Crippen LogP contribution in [0.1, 0.15) is 12.5 Å². The number of rotatable bonds is 2. The number of hydrogen-bond donors (Lipinski definition) is 0. The first-order chi connectivity index (χ1) is 9.87. The molecule has 21 heavy (non-hydrogen) atoms. The molecule has 1 aromatic heterocycles. The van der Waals surface area contributed by atoms with E-state index in [1.165, 1.54) is 4.57 Å². The third-order valence-corrected chi connectivity index (χ3v) is 4.41. The van der Waals surface area contributed by atoms with Gasteiger partial charge in [0, 0.05) is 6.54 Å². The molecule has 1 aliphatic heterocycles. The number of carbonyl (C=O) groups is 1. The van der Waals surface area contributed by atoms with Gasteiger partial charge in [0.2, 0.25) is 5.91 Å². The average Bonchev–Trinajstić information content (AvgIpc) is 2.89. The summed E-state index contributed by atoms with van der Waals surface area (Å²) in [4.78, 5) is 24.7. The SMILES string of the molecule is O=C1[C@H](n2c(=O)sc3ccccc32)CCN1CC(F)(F)F. The Morgan fingerprint density at radius 2 is 1.95 bits per heavy atom. The van der Waals surface area contributed by atoms with E-state index in [0.717, 1.165) is 20.9 Å². The van der Waals surface area contributed by atoms with Crippen molar-refractivity contribution >= 4 is 27.5 Å². The van der Waals surface area contributed by atoms with Crippen LogP contribution < -0.4 is 4.87 Å². The van der Waals surface area contributed by atoms with Gasteiger partial charge in [0.05, 0.1) is 10.2 Å². The van der Waals surface area contributed by atoms with Crippen LogP contribution in [-0.2, 0) is 4.79 Å². The number of likely N-dealkylation sites (tertiary alicyclic amines) is 1. The van der Waals surface area contributed by atoms with Crippen LogP contribution in [0.4, 0.5) is 13.2 Å². The van der Waals surface area contributed by atoms with Gasteiger partial charge in [-0.15, -0.1) is 0 Å². The second-order valence-corrected chi connectivity index (χ2v) is 5.88. The van der Waals surface area contributed by atoms with Gasteiger partial charge in [-0.05, 0) is 18.6 Å². The number of hydrogen-bond acceptors (Lipinski definition) is 3. The molecule has 2 heterocycles. The molecule has 8 heteroatoms. The molecule has 112 valence electrons. The topological polar surface area (TPSA) is 42.3 Å². The minimum atomic E-state index is -4.42. The highest BCUT2D eigenvalue weighted by Gasteiger charge is 2.40. The molecule has 4 nitrogen and oxygen atoms in total. The highest BCUT2D eigenvalue weighted by Crippen LogP contribution is 2.29. The highest BCUT2D eigenvalue weighted by atomic mass is 32.1. The van der Waals surface area contributed by atoms with E-state index in [1.54, 1.807) is 24.3 Å². The number of halogens is 3. The summed E-state index contributed by atoms with van der Waals surface area (Å²) in [6.45, 7) is -1.25. The van der Waals surface area contributed by atoms with Crippen LogP contribution in [0.25, 0.3) is 10.2 Å². The minimum absolute atomic E-state index is 0.0135. The van der Waals surface area contributed by atoms with E-state index in [4.69, 9.17) is 0 Å². The van der Waals surface area contributed by atoms with Gasteiger partial charge in [0.15, 0.2) is 0 Å². The van der Waals surface area contributed by atoms with E-state index in [2.05, 4.69) is 0 Å². The van der Waals surface area contributed by atoms with Crippen LogP contribution in [0.5, 0.6) is 0 Å². The van der Waals surface area contributed by atoms with Crippen LogP contribution in [-0.4, -0.2) is 34.6 Å². The molecular weight excluding hydrogens is 305 g/mol. The third kappa shape index (κ3) is 2.55. The normalized spacial score (nSPS) is 19.7. The van der Waals surface area contributed by atoms with Crippen LogP contribution in [0.15, 0.2) is 29.1 Å². The van der Waals surface area contributed by atoms with E-state index >= 15 is 0 Å². The maximum Gasteiger partial charge on any atom is 0.406 e. The zero-order valence-corrected chi connectivity index (χ0v) is 11.6. The zero-order chi connectivity index (χ0) is 15.2. The van der Waals surface area contributed by atoms with Crippen molar-refractivity contribution in [3.8, 4) is 0 Å². The van der Waals surface area contributed by atoms with E-state index in [0.29, 0.717) is 5.52 Å². The van der Waals surface area contributed by atoms with Gasteiger partial charge in [-0.2, -0.15) is 13.2 Å². The molecule has 1 aromatic carbocycles. The summed E-state index contributed by atoms with van der Waals surface area (Å²) in [5.41, 5.74) is 0.597. The first-order valence-electron chi connectivity index (χ1n) is 6.32. The van der Waals surface area contributed by atoms with Gasteiger partial charge in [-0.3, -0.25) is 14.2 Å². The predicted molar refractivity (Wildman–Crippen MR) is 72.4 cm³/mol. The van der Waals surface area contributed by atoms with E-state index < -0.39 is 24.7 Å². The van der Waals surface area contributed by atoms with Gasteiger partial charge in [0.1, 0.15) is 12.6 Å². The summed E-state index contributed by atoms with van der Waals surface area (Å²) >= 11 is 0.996. The average molecular weight is 316 g/mol. The van der Waals surface area contributed by atoms with Crippen molar-refractivity contribution in [1.82, 2.24) is 9.47 Å². The molecule has 1 saturated heterocycles. The molecule has 0 N–H and O–H groups in total. The van der Waals surface area contributed by atoms with Crippen molar-refractivity contribution in [1.29, 1.82) is 0 Å². The Morgan fingerprint density at radius 1 is 1.24 bits per heavy atom. The smallest absolute Gasteiger partial charge is 0.332 e. The predicted octanol–water partition coefficient (Wildman–Crippen LogP) is 2.40. The third-order valence-electron chi connectivity index (χ3n) is 3.47. The Balaban J connectivity index is 1.96. The first kappa shape index (κ1) is 14.1. The second-order valence-electron chi connectivity index (χ2n) is 4.89. The molecule has 1 amide bonds. The molecule has 0 unspecified atom stereocenters. The number of alkyl halides is 3. The highest BCUT2D eigenvalue weighted by molar-refractivity contribution is 7.16. The number of aromatic nitrogens is 1. The maximum absolute atomic E-state index is 12.4. The van der Waals surface area contributed by atoms with Crippen molar-refractivity contribution in [2.75, 3.05) is 13.1 Å². The lowest BCUT2D eigenvalue weighted by Gasteiger charge is -2.18. The number of para-hydroxylation sites is 1. The van der Waals surface area contributed by atoms with Gasteiger partial charge < -0.3 is 4.90 Å². The summed E-state index contributed by atoms with van der Waals surface area (Å²) < 4.78 is 39.3. The Kier molecular flexibility index (Phi) is 3.27. The Morgan fingerprint density at radius 3 is 2.67 bits per heavy atom. The number of thiazole rings is 1. The summed E-state index contributed by atoms with van der Waals surface area (Å²) in [6.07, 6.45) is -4.21. The molecule has 2 aromatic rings. The van der Waals surface area contributed by atoms with Crippen LogP contribution in [0.3, 0.4) is 0 Å². The number of fused-ring (bicyclic) bond motifs is 1. The molecule has 0 saturated carbocycles. The lowest BCUT2D eigenvalue weighted by Crippen LogP contribution is -2.37. The Hall–Kier alpha value is -1.83. The molecule has 3 rings (SSSR count). The van der Waals surface area contributed by atoms with Crippen LogP contribution in [0, 0.1) is 0 Å². The van der Waals surface area contributed by atoms with Crippen molar-refractivity contribution in [3.63, 3.8) is 0 Å². The van der Waals surface area contributed by atoms with Crippen molar-refractivity contribution < 1.29 is 18.0 Å². The minimum Gasteiger partial charge on any atom is -0.332 e. The van der Waals surface area contributed by atoms with E-state index in [-0.39, 0.29) is 17.8 Å². The van der Waals surface area contributed by atoms with Crippen molar-refractivity contribution in [3.05, 3.63) is 33.9 Å². The van der Waals surface area contributed by atoms with Gasteiger partial charge in [-0.1, -0.05) is 23.5 Å². The summed E-state index contributed by atoms with van der Waals surface area (Å²) in [7, 11) is 0. The summed E-state index contributed by atoms with van der Waals surface area (Å²) in [5.74, 6) is -0.641. The molecule has 1 aliphatic rings. The molecule has 1 fully saturated rings. The lowest BCUT2D eigenvalue weighted by atomic mass is 10.2. The lowest BCUT2D eigenvalue weighted by molar-refractivity contribution is -0.158. The fourth-order valence-electron chi connectivity index (χ4n) is 2.61. The summed E-state index contributed by atoms with van der Waals surface area (Å²) in [5, 5.41) is 0. The molecule has 0 radical (unpaired) electrons. The molecule has 0 aliphatic carbocycles. The summed E-state index contributed by atoms with van der Waals surface area (Å²) in [6, 6.07) is 6.13. The number of benzene rings is 1. The second kappa shape index (κ2) is 4.87. The quantitative estimate of drug-likeness (QED) is 0.854. The monoisotopic (exact) mass is 316 g/mol. The van der Waals surface area contributed by atoms with Gasteiger partial charge in [-0.25, -0.2) is 0 Å². The van der Waals surface area contributed by atoms with E-state index in [9.17, 15) is 22.8 Å². The maximum atomic E-state index is 12.4. The first-order valence-corrected chi connectivity index (χ1v) is 7.14. The molecular formula is C13H11F3N2O2S. The van der Waals surface area contributed by atoms with E-state index in [1.807, 2.05) is 0 Å². The van der Waals surface area contributed by atoms with Gasteiger partial charge in [0.25, 0.3) is 0 Å². The van der Waals surface area contributed by atoms with Crippen LogP contribution in [0.2, 0.25) is 0 Å². The van der Waals surface area contributed by atoms with Gasteiger partial charge >= 0.3 is 11.0 Å². The fraction of sp³-hybridized carbons (Fsp3) is 0.385. The Labute approximate surface area is 121 Å². The number of nitrogens with zero attached hydrogens (tertiary/aromatic N) is 2. The number of amides is 1. The number of carbonyl (C=O) groups excluding carboxylic acids is 1. The zero-order valence-electron chi connectivity index (χ0n) is 10.8. The standard InChI is InChI=1S/C13H11F3N2O2S/c14-13(15,16)7-17-6-5-9(11(17)19)18-8-3-1-2-4-10(8)21-12(18)20/h1-4,9H,5-7H2/t9-/m1/s1. The van der Waals surface area contributed by atoms with Crippen molar-refractivity contribution in [2.45, 2.75) is 18.6 Å².